The quantitative estimate of drug-likeness (QED) is 0.298. The molecule has 0 amide bonds. The van der Waals surface area contributed by atoms with Crippen LogP contribution in [0.4, 0.5) is 0 Å². The average Bonchev–Trinajstić information content (AvgIpc) is 2.14. The lowest BCUT2D eigenvalue weighted by Crippen LogP contribution is -2.36. The van der Waals surface area contributed by atoms with E-state index in [0.29, 0.717) is 0 Å². The molecule has 1 aliphatic rings. The Morgan fingerprint density at radius 1 is 1.64 bits per heavy atom. The molecule has 0 spiro atoms. The maximum Gasteiger partial charge on any atom is 0.339 e. The SMILES string of the molecule is C/C(N)=N\OC(=O)C1CCCN(C)C1. The summed E-state index contributed by atoms with van der Waals surface area (Å²) in [5, 5.41) is 3.45. The van der Waals surface area contributed by atoms with Crippen molar-refractivity contribution in [2.24, 2.45) is 16.8 Å². The average molecular weight is 199 g/mol. The summed E-state index contributed by atoms with van der Waals surface area (Å²) in [4.78, 5) is 18.2. The molecule has 0 aromatic rings. The van der Waals surface area contributed by atoms with E-state index in [1.54, 1.807) is 6.92 Å². The Balaban J connectivity index is 2.40. The standard InChI is InChI=1S/C9H17N3O2/c1-7(10)11-14-9(13)8-4-3-5-12(2)6-8/h8H,3-6H2,1-2H3,(H2,10,11). The van der Waals surface area contributed by atoms with Gasteiger partial charge >= 0.3 is 5.97 Å². The van der Waals surface area contributed by atoms with Gasteiger partial charge in [0.25, 0.3) is 0 Å². The second kappa shape index (κ2) is 4.95. The number of hydrogen-bond acceptors (Lipinski definition) is 4. The van der Waals surface area contributed by atoms with Crippen molar-refractivity contribution < 1.29 is 9.63 Å². The Morgan fingerprint density at radius 3 is 2.93 bits per heavy atom. The largest absolute Gasteiger partial charge is 0.385 e. The summed E-state index contributed by atoms with van der Waals surface area (Å²) in [5.74, 6) is -0.0688. The molecule has 80 valence electrons. The predicted octanol–water partition coefficient (Wildman–Crippen LogP) is 0.163. The molecule has 1 atom stereocenters. The van der Waals surface area contributed by atoms with Crippen molar-refractivity contribution in [2.75, 3.05) is 20.1 Å². The molecule has 1 aliphatic heterocycles. The first-order valence-corrected chi connectivity index (χ1v) is 4.79. The topological polar surface area (TPSA) is 67.9 Å². The van der Waals surface area contributed by atoms with Gasteiger partial charge in [-0.15, -0.1) is 0 Å². The van der Waals surface area contributed by atoms with Crippen molar-refractivity contribution in [1.82, 2.24) is 4.90 Å². The first kappa shape index (κ1) is 11.0. The van der Waals surface area contributed by atoms with E-state index in [4.69, 9.17) is 5.73 Å². The van der Waals surface area contributed by atoms with Crippen molar-refractivity contribution in [3.63, 3.8) is 0 Å². The highest BCUT2D eigenvalue weighted by molar-refractivity contribution is 5.79. The molecule has 0 aromatic heterocycles. The highest BCUT2D eigenvalue weighted by atomic mass is 16.7. The zero-order valence-electron chi connectivity index (χ0n) is 8.69. The molecule has 5 heteroatoms. The van der Waals surface area contributed by atoms with Crippen LogP contribution in [0.1, 0.15) is 19.8 Å². The molecule has 0 aromatic carbocycles. The van der Waals surface area contributed by atoms with Crippen LogP contribution in [-0.2, 0) is 9.63 Å². The lowest BCUT2D eigenvalue weighted by atomic mass is 9.99. The summed E-state index contributed by atoms with van der Waals surface area (Å²) >= 11 is 0. The highest BCUT2D eigenvalue weighted by Gasteiger charge is 2.25. The van der Waals surface area contributed by atoms with Crippen LogP contribution in [0.5, 0.6) is 0 Å². The van der Waals surface area contributed by atoms with Crippen LogP contribution in [0.2, 0.25) is 0 Å². The minimum absolute atomic E-state index is 0.0585. The van der Waals surface area contributed by atoms with E-state index in [-0.39, 0.29) is 17.7 Å². The number of carbonyl (C=O) groups excluding carboxylic acids is 1. The number of hydrogen-bond donors (Lipinski definition) is 1. The van der Waals surface area contributed by atoms with E-state index in [2.05, 4.69) is 14.9 Å². The number of oxime groups is 1. The van der Waals surface area contributed by atoms with Crippen molar-refractivity contribution in [2.45, 2.75) is 19.8 Å². The van der Waals surface area contributed by atoms with E-state index in [0.717, 1.165) is 25.9 Å². The maximum atomic E-state index is 11.4. The predicted molar refractivity (Wildman–Crippen MR) is 53.6 cm³/mol. The Kier molecular flexibility index (Phi) is 3.88. The molecule has 5 nitrogen and oxygen atoms in total. The molecule has 1 rings (SSSR count). The van der Waals surface area contributed by atoms with Gasteiger partial charge in [0.15, 0.2) is 0 Å². The van der Waals surface area contributed by atoms with Gasteiger partial charge in [0, 0.05) is 6.54 Å². The molecule has 1 saturated heterocycles. The normalized spacial score (nSPS) is 24.7. The molecular formula is C9H17N3O2. The summed E-state index contributed by atoms with van der Waals surface area (Å²) < 4.78 is 0. The Hall–Kier alpha value is -1.10. The van der Waals surface area contributed by atoms with Crippen molar-refractivity contribution in [3.8, 4) is 0 Å². The summed E-state index contributed by atoms with van der Waals surface area (Å²) in [6.45, 7) is 3.38. The summed E-state index contributed by atoms with van der Waals surface area (Å²) in [5.41, 5.74) is 5.26. The third kappa shape index (κ3) is 3.33. The van der Waals surface area contributed by atoms with Gasteiger partial charge in [-0.25, -0.2) is 4.79 Å². The van der Waals surface area contributed by atoms with Gasteiger partial charge in [0.05, 0.1) is 5.92 Å². The minimum Gasteiger partial charge on any atom is -0.385 e. The van der Waals surface area contributed by atoms with Crippen LogP contribution in [0.15, 0.2) is 5.16 Å². The second-order valence-electron chi connectivity index (χ2n) is 3.74. The molecule has 1 heterocycles. The molecular weight excluding hydrogens is 182 g/mol. The van der Waals surface area contributed by atoms with Crippen LogP contribution < -0.4 is 5.73 Å². The summed E-state index contributed by atoms with van der Waals surface area (Å²) in [6.07, 6.45) is 1.91. The van der Waals surface area contributed by atoms with Crippen LogP contribution in [0.25, 0.3) is 0 Å². The molecule has 14 heavy (non-hydrogen) atoms. The smallest absolute Gasteiger partial charge is 0.339 e. The molecule has 0 aliphatic carbocycles. The van der Waals surface area contributed by atoms with Crippen LogP contribution in [-0.4, -0.2) is 36.8 Å². The monoisotopic (exact) mass is 199 g/mol. The van der Waals surface area contributed by atoms with Gasteiger partial charge in [-0.1, -0.05) is 5.16 Å². The summed E-state index contributed by atoms with van der Waals surface area (Å²) in [7, 11) is 2.00. The van der Waals surface area contributed by atoms with E-state index in [9.17, 15) is 4.79 Å². The zero-order chi connectivity index (χ0) is 10.6. The third-order valence-corrected chi connectivity index (χ3v) is 2.24. The van der Waals surface area contributed by atoms with Crippen molar-refractivity contribution >= 4 is 11.8 Å². The van der Waals surface area contributed by atoms with Gasteiger partial charge in [0.2, 0.25) is 0 Å². The van der Waals surface area contributed by atoms with Crippen LogP contribution in [0, 0.1) is 5.92 Å². The lowest BCUT2D eigenvalue weighted by molar-refractivity contribution is -0.150. The minimum atomic E-state index is -0.277. The number of piperidine rings is 1. The maximum absolute atomic E-state index is 11.4. The number of likely N-dealkylation sites (tertiary alicyclic amines) is 1. The number of amidine groups is 1. The van der Waals surface area contributed by atoms with E-state index < -0.39 is 0 Å². The molecule has 2 N–H and O–H groups in total. The lowest BCUT2D eigenvalue weighted by Gasteiger charge is -2.27. The van der Waals surface area contributed by atoms with Crippen molar-refractivity contribution in [1.29, 1.82) is 0 Å². The fourth-order valence-electron chi connectivity index (χ4n) is 1.55. The first-order valence-electron chi connectivity index (χ1n) is 4.79. The van der Waals surface area contributed by atoms with Crippen LogP contribution >= 0.6 is 0 Å². The Morgan fingerprint density at radius 2 is 2.36 bits per heavy atom. The van der Waals surface area contributed by atoms with Gasteiger partial charge in [-0.3, -0.25) is 0 Å². The molecule has 0 saturated carbocycles. The molecule has 0 bridgehead atoms. The number of nitrogens with zero attached hydrogens (tertiary/aromatic N) is 2. The first-order chi connectivity index (χ1) is 6.59. The van der Waals surface area contributed by atoms with Gasteiger partial charge in [-0.05, 0) is 33.4 Å². The highest BCUT2D eigenvalue weighted by Crippen LogP contribution is 2.16. The van der Waals surface area contributed by atoms with Gasteiger partial charge < -0.3 is 15.5 Å². The molecule has 0 radical (unpaired) electrons. The van der Waals surface area contributed by atoms with E-state index in [1.807, 2.05) is 7.05 Å². The number of nitrogens with two attached hydrogens (primary N) is 1. The van der Waals surface area contributed by atoms with Gasteiger partial charge in [0.1, 0.15) is 5.84 Å². The Bertz CT molecular complexity index is 236. The second-order valence-corrected chi connectivity index (χ2v) is 3.74. The van der Waals surface area contributed by atoms with E-state index in [1.165, 1.54) is 0 Å². The summed E-state index contributed by atoms with van der Waals surface area (Å²) in [6, 6.07) is 0. The third-order valence-electron chi connectivity index (χ3n) is 2.24. The number of carbonyl (C=O) groups is 1. The van der Waals surface area contributed by atoms with Gasteiger partial charge in [-0.2, -0.15) is 0 Å². The van der Waals surface area contributed by atoms with Crippen molar-refractivity contribution in [3.05, 3.63) is 0 Å². The molecule has 1 fully saturated rings. The molecule has 1 unspecified atom stereocenters. The Labute approximate surface area is 83.9 Å². The van der Waals surface area contributed by atoms with E-state index >= 15 is 0 Å². The fourth-order valence-corrected chi connectivity index (χ4v) is 1.55. The fraction of sp³-hybridized carbons (Fsp3) is 0.778. The zero-order valence-corrected chi connectivity index (χ0v) is 8.69. The van der Waals surface area contributed by atoms with Crippen LogP contribution in [0.3, 0.4) is 0 Å². The number of rotatable bonds is 2.